The van der Waals surface area contributed by atoms with Crippen LogP contribution in [0.25, 0.3) is 0 Å². The van der Waals surface area contributed by atoms with Gasteiger partial charge in [0.25, 0.3) is 0 Å². The van der Waals surface area contributed by atoms with Crippen LogP contribution < -0.4 is 5.73 Å². The zero-order valence-corrected chi connectivity index (χ0v) is 12.2. The van der Waals surface area contributed by atoms with Crippen molar-refractivity contribution in [2.45, 2.75) is 33.7 Å². The monoisotopic (exact) mass is 275 g/mol. The predicted molar refractivity (Wildman–Crippen MR) is 77.8 cm³/mol. The maximum Gasteiger partial charge on any atom is 0.164 e. The zero-order chi connectivity index (χ0) is 15.0. The van der Waals surface area contributed by atoms with Crippen LogP contribution in [0.3, 0.4) is 0 Å². The van der Waals surface area contributed by atoms with Gasteiger partial charge in [-0.1, -0.05) is 29.8 Å². The molecule has 106 valence electrons. The molecule has 2 aromatic carbocycles. The molecule has 0 radical (unpaired) electrons. The molecule has 0 saturated heterocycles. The summed E-state index contributed by atoms with van der Waals surface area (Å²) in [6, 6.07) is 6.48. The van der Waals surface area contributed by atoms with E-state index in [4.69, 9.17) is 5.73 Å². The van der Waals surface area contributed by atoms with Crippen LogP contribution in [-0.4, -0.2) is 0 Å². The second kappa shape index (κ2) is 5.33. The highest BCUT2D eigenvalue weighted by atomic mass is 19.2. The largest absolute Gasteiger partial charge is 0.320 e. The molecular weight excluding hydrogens is 256 g/mol. The van der Waals surface area contributed by atoms with Crippen molar-refractivity contribution in [3.8, 4) is 0 Å². The molecule has 3 heteroatoms. The summed E-state index contributed by atoms with van der Waals surface area (Å²) in [5.41, 5.74) is 10.6. The normalized spacial score (nSPS) is 12.6. The summed E-state index contributed by atoms with van der Waals surface area (Å²) in [5.74, 6) is -1.67. The Morgan fingerprint density at radius 1 is 0.850 bits per heavy atom. The average Bonchev–Trinajstić information content (AvgIpc) is 2.34. The maximum atomic E-state index is 14.1. The summed E-state index contributed by atoms with van der Waals surface area (Å²) in [6.45, 7) is 7.42. The van der Waals surface area contributed by atoms with E-state index in [1.165, 1.54) is 6.92 Å². The molecule has 0 spiro atoms. The Hall–Kier alpha value is -1.74. The van der Waals surface area contributed by atoms with Crippen LogP contribution in [-0.2, 0) is 0 Å². The van der Waals surface area contributed by atoms with Gasteiger partial charge < -0.3 is 5.73 Å². The van der Waals surface area contributed by atoms with Gasteiger partial charge in [0.15, 0.2) is 11.6 Å². The first-order valence-corrected chi connectivity index (χ1v) is 6.60. The molecule has 0 aliphatic carbocycles. The van der Waals surface area contributed by atoms with Gasteiger partial charge in [0.2, 0.25) is 0 Å². The molecule has 0 bridgehead atoms. The van der Waals surface area contributed by atoms with Crippen molar-refractivity contribution in [3.05, 3.63) is 69.3 Å². The average molecular weight is 275 g/mol. The lowest BCUT2D eigenvalue weighted by molar-refractivity contribution is 0.489. The summed E-state index contributed by atoms with van der Waals surface area (Å²) >= 11 is 0. The molecule has 2 N–H and O–H groups in total. The highest BCUT2D eigenvalue weighted by Crippen LogP contribution is 2.30. The van der Waals surface area contributed by atoms with E-state index in [1.54, 1.807) is 12.1 Å². The van der Waals surface area contributed by atoms with Crippen LogP contribution in [0.15, 0.2) is 24.3 Å². The molecule has 1 unspecified atom stereocenters. The van der Waals surface area contributed by atoms with Crippen LogP contribution in [0.4, 0.5) is 8.78 Å². The molecule has 1 atom stereocenters. The van der Waals surface area contributed by atoms with Gasteiger partial charge in [0, 0.05) is 5.56 Å². The van der Waals surface area contributed by atoms with E-state index >= 15 is 0 Å². The van der Waals surface area contributed by atoms with Crippen molar-refractivity contribution in [1.29, 1.82) is 0 Å². The Morgan fingerprint density at radius 3 is 1.95 bits per heavy atom. The van der Waals surface area contributed by atoms with Gasteiger partial charge in [-0.15, -0.1) is 0 Å². The fraction of sp³-hybridized carbons (Fsp3) is 0.294. The van der Waals surface area contributed by atoms with Crippen molar-refractivity contribution in [1.82, 2.24) is 0 Å². The first kappa shape index (κ1) is 14.7. The first-order chi connectivity index (χ1) is 9.32. The summed E-state index contributed by atoms with van der Waals surface area (Å²) in [7, 11) is 0. The number of rotatable bonds is 2. The molecular formula is C17H19F2N. The third-order valence-electron chi connectivity index (χ3n) is 3.69. The third kappa shape index (κ3) is 2.46. The van der Waals surface area contributed by atoms with Gasteiger partial charge in [0.05, 0.1) is 6.04 Å². The zero-order valence-electron chi connectivity index (χ0n) is 12.2. The molecule has 0 saturated carbocycles. The van der Waals surface area contributed by atoms with Crippen molar-refractivity contribution < 1.29 is 8.78 Å². The van der Waals surface area contributed by atoms with Crippen molar-refractivity contribution in [3.63, 3.8) is 0 Å². The number of nitrogens with two attached hydrogens (primary N) is 1. The summed E-state index contributed by atoms with van der Waals surface area (Å²) in [4.78, 5) is 0. The van der Waals surface area contributed by atoms with Crippen LogP contribution in [0.2, 0.25) is 0 Å². The van der Waals surface area contributed by atoms with Gasteiger partial charge in [-0.3, -0.25) is 0 Å². The Morgan fingerprint density at radius 2 is 1.40 bits per heavy atom. The smallest absolute Gasteiger partial charge is 0.164 e. The third-order valence-corrected chi connectivity index (χ3v) is 3.69. The van der Waals surface area contributed by atoms with Crippen LogP contribution in [0, 0.1) is 39.3 Å². The first-order valence-electron chi connectivity index (χ1n) is 6.60. The minimum Gasteiger partial charge on any atom is -0.320 e. The van der Waals surface area contributed by atoms with Gasteiger partial charge in [-0.05, 0) is 49.9 Å². The van der Waals surface area contributed by atoms with Gasteiger partial charge >= 0.3 is 0 Å². The highest BCUT2D eigenvalue weighted by molar-refractivity contribution is 5.44. The molecule has 0 heterocycles. The number of hydrogen-bond donors (Lipinski definition) is 1. The Bertz CT molecular complexity index is 639. The van der Waals surface area contributed by atoms with E-state index in [2.05, 4.69) is 0 Å². The van der Waals surface area contributed by atoms with Gasteiger partial charge in [-0.2, -0.15) is 0 Å². The Labute approximate surface area is 118 Å². The molecule has 0 amide bonds. The van der Waals surface area contributed by atoms with Crippen molar-refractivity contribution in [2.75, 3.05) is 0 Å². The van der Waals surface area contributed by atoms with Gasteiger partial charge in [0.1, 0.15) is 0 Å². The molecule has 0 fully saturated rings. The predicted octanol–water partition coefficient (Wildman–Crippen LogP) is 4.25. The minimum absolute atomic E-state index is 0.197. The number of benzene rings is 2. The van der Waals surface area contributed by atoms with Gasteiger partial charge in [-0.25, -0.2) is 8.78 Å². The maximum absolute atomic E-state index is 14.1. The minimum atomic E-state index is -0.850. The molecule has 1 nitrogen and oxygen atoms in total. The molecule has 2 rings (SSSR count). The van der Waals surface area contributed by atoms with E-state index < -0.39 is 17.7 Å². The molecule has 0 aliphatic rings. The van der Waals surface area contributed by atoms with Crippen LogP contribution in [0.1, 0.15) is 39.4 Å². The standard InChI is InChI=1S/C17H19F2N/c1-9-7-11(3)14(12(4)8-9)17(20)13-6-5-10(2)15(18)16(13)19/h5-8,17H,20H2,1-4H3. The number of halogens is 2. The molecule has 0 aliphatic heterocycles. The fourth-order valence-electron chi connectivity index (χ4n) is 2.74. The molecule has 0 aromatic heterocycles. The SMILES string of the molecule is Cc1cc(C)c(C(N)c2ccc(C)c(F)c2F)c(C)c1. The number of aryl methyl sites for hydroxylation is 4. The van der Waals surface area contributed by atoms with E-state index in [9.17, 15) is 8.78 Å². The van der Waals surface area contributed by atoms with E-state index in [-0.39, 0.29) is 11.1 Å². The Balaban J connectivity index is 2.58. The Kier molecular flexibility index (Phi) is 3.91. The molecule has 2 aromatic rings. The lowest BCUT2D eigenvalue weighted by Gasteiger charge is -2.20. The summed E-state index contributed by atoms with van der Waals surface area (Å²) in [6.07, 6.45) is 0. The fourth-order valence-corrected chi connectivity index (χ4v) is 2.74. The van der Waals surface area contributed by atoms with Crippen LogP contribution in [0.5, 0.6) is 0 Å². The second-order valence-corrected chi connectivity index (χ2v) is 5.39. The molecule has 20 heavy (non-hydrogen) atoms. The lowest BCUT2D eigenvalue weighted by atomic mass is 9.90. The van der Waals surface area contributed by atoms with E-state index in [0.29, 0.717) is 0 Å². The highest BCUT2D eigenvalue weighted by Gasteiger charge is 2.20. The number of hydrogen-bond acceptors (Lipinski definition) is 1. The summed E-state index contributed by atoms with van der Waals surface area (Å²) in [5, 5.41) is 0. The van der Waals surface area contributed by atoms with Crippen molar-refractivity contribution >= 4 is 0 Å². The van der Waals surface area contributed by atoms with Crippen LogP contribution >= 0.6 is 0 Å². The second-order valence-electron chi connectivity index (χ2n) is 5.39. The van der Waals surface area contributed by atoms with Crippen molar-refractivity contribution in [2.24, 2.45) is 5.73 Å². The summed E-state index contributed by atoms with van der Waals surface area (Å²) < 4.78 is 27.8. The quantitative estimate of drug-likeness (QED) is 0.871. The topological polar surface area (TPSA) is 26.0 Å². The van der Waals surface area contributed by atoms with E-state index in [0.717, 1.165) is 22.3 Å². The lowest BCUT2D eigenvalue weighted by Crippen LogP contribution is -2.17. The van der Waals surface area contributed by atoms with E-state index in [1.807, 2.05) is 32.9 Å².